The zero-order valence-electron chi connectivity index (χ0n) is 18.9. The highest BCUT2D eigenvalue weighted by Crippen LogP contribution is 2.28. The molecule has 2 heterocycles. The molecule has 176 valence electrons. The van der Waals surface area contributed by atoms with Gasteiger partial charge in [0.05, 0.1) is 35.8 Å². The quantitative estimate of drug-likeness (QED) is 0.308. The van der Waals surface area contributed by atoms with E-state index in [1.54, 1.807) is 37.4 Å². The van der Waals surface area contributed by atoms with Gasteiger partial charge in [-0.25, -0.2) is 0 Å². The van der Waals surface area contributed by atoms with E-state index in [2.05, 4.69) is 10.4 Å². The van der Waals surface area contributed by atoms with Crippen LogP contribution >= 0.6 is 23.2 Å². The Balaban J connectivity index is 1.42. The molecule has 0 aliphatic heterocycles. The van der Waals surface area contributed by atoms with Crippen molar-refractivity contribution >= 4 is 34.8 Å². The van der Waals surface area contributed by atoms with Crippen LogP contribution in [0.4, 0.5) is 5.69 Å². The van der Waals surface area contributed by atoms with Gasteiger partial charge in [0, 0.05) is 5.02 Å². The Kier molecular flexibility index (Phi) is 7.14. The van der Waals surface area contributed by atoms with Crippen LogP contribution in [-0.4, -0.2) is 22.8 Å². The standard InChI is InChI=1S/C25H23Cl2N3O4/c1-15-24(16(2)30(29-15)13-17-5-4-6-19(11-17)32-3)28-25(31)23-10-8-20(34-23)14-33-22-9-7-18(26)12-21(22)27/h4-12H,13-14H2,1-3H3,(H,28,31). The molecule has 0 fully saturated rings. The van der Waals surface area contributed by atoms with Gasteiger partial charge in [0.2, 0.25) is 0 Å². The lowest BCUT2D eigenvalue weighted by Crippen LogP contribution is -2.12. The summed E-state index contributed by atoms with van der Waals surface area (Å²) in [5, 5.41) is 8.40. The molecule has 0 aliphatic rings. The molecule has 4 rings (SSSR count). The maximum absolute atomic E-state index is 12.8. The second kappa shape index (κ2) is 10.2. The van der Waals surface area contributed by atoms with Gasteiger partial charge < -0.3 is 19.2 Å². The van der Waals surface area contributed by atoms with Crippen LogP contribution in [0.1, 0.15) is 33.3 Å². The van der Waals surface area contributed by atoms with E-state index in [-0.39, 0.29) is 18.3 Å². The van der Waals surface area contributed by atoms with Crippen molar-refractivity contribution in [1.82, 2.24) is 9.78 Å². The average molecular weight is 500 g/mol. The van der Waals surface area contributed by atoms with Crippen molar-refractivity contribution in [3.8, 4) is 11.5 Å². The Morgan fingerprint density at radius 1 is 1.12 bits per heavy atom. The molecule has 2 aromatic heterocycles. The van der Waals surface area contributed by atoms with Crippen LogP contribution in [0.15, 0.2) is 59.0 Å². The van der Waals surface area contributed by atoms with Crippen LogP contribution < -0.4 is 14.8 Å². The van der Waals surface area contributed by atoms with Crippen molar-refractivity contribution in [3.63, 3.8) is 0 Å². The molecule has 34 heavy (non-hydrogen) atoms. The summed E-state index contributed by atoms with van der Waals surface area (Å²) in [6.07, 6.45) is 0. The Bertz CT molecular complexity index is 1330. The summed E-state index contributed by atoms with van der Waals surface area (Å²) >= 11 is 12.0. The molecule has 1 N–H and O–H groups in total. The first kappa shape index (κ1) is 23.7. The molecule has 1 amide bonds. The molecule has 0 aliphatic carbocycles. The number of aryl methyl sites for hydroxylation is 1. The molecule has 0 saturated heterocycles. The largest absolute Gasteiger partial charge is 0.497 e. The topological polar surface area (TPSA) is 78.5 Å². The summed E-state index contributed by atoms with van der Waals surface area (Å²) in [6.45, 7) is 4.43. The molecule has 4 aromatic rings. The number of nitrogens with one attached hydrogen (secondary N) is 1. The first-order valence-electron chi connectivity index (χ1n) is 10.5. The van der Waals surface area contributed by atoms with Gasteiger partial charge in [-0.15, -0.1) is 0 Å². The Morgan fingerprint density at radius 3 is 2.71 bits per heavy atom. The molecule has 0 radical (unpaired) electrons. The summed E-state index contributed by atoms with van der Waals surface area (Å²) in [7, 11) is 1.63. The van der Waals surface area contributed by atoms with Gasteiger partial charge in [-0.3, -0.25) is 9.48 Å². The van der Waals surface area contributed by atoms with Crippen molar-refractivity contribution in [2.75, 3.05) is 12.4 Å². The predicted octanol–water partition coefficient (Wildman–Crippen LogP) is 6.29. The van der Waals surface area contributed by atoms with Crippen molar-refractivity contribution < 1.29 is 18.7 Å². The van der Waals surface area contributed by atoms with Crippen molar-refractivity contribution in [2.24, 2.45) is 0 Å². The highest BCUT2D eigenvalue weighted by molar-refractivity contribution is 6.35. The van der Waals surface area contributed by atoms with Gasteiger partial charge in [0.1, 0.15) is 23.9 Å². The van der Waals surface area contributed by atoms with E-state index >= 15 is 0 Å². The van der Waals surface area contributed by atoms with E-state index in [9.17, 15) is 4.79 Å². The van der Waals surface area contributed by atoms with E-state index in [0.29, 0.717) is 39.5 Å². The highest BCUT2D eigenvalue weighted by atomic mass is 35.5. The fraction of sp³-hybridized carbons (Fsp3) is 0.200. The molecule has 0 atom stereocenters. The highest BCUT2D eigenvalue weighted by Gasteiger charge is 2.18. The third kappa shape index (κ3) is 5.38. The number of nitrogens with zero attached hydrogens (tertiary/aromatic N) is 2. The summed E-state index contributed by atoms with van der Waals surface area (Å²) in [5.74, 6) is 1.54. The van der Waals surface area contributed by atoms with Crippen LogP contribution in [0.25, 0.3) is 0 Å². The van der Waals surface area contributed by atoms with E-state index < -0.39 is 0 Å². The number of amides is 1. The van der Waals surface area contributed by atoms with E-state index in [1.165, 1.54) is 0 Å². The number of ether oxygens (including phenoxy) is 2. The number of anilines is 1. The monoisotopic (exact) mass is 499 g/mol. The number of hydrogen-bond acceptors (Lipinski definition) is 5. The predicted molar refractivity (Wildman–Crippen MR) is 131 cm³/mol. The van der Waals surface area contributed by atoms with Crippen molar-refractivity contribution in [2.45, 2.75) is 27.0 Å². The smallest absolute Gasteiger partial charge is 0.291 e. The van der Waals surface area contributed by atoms with Crippen LogP contribution in [0, 0.1) is 13.8 Å². The second-order valence-corrected chi connectivity index (χ2v) is 8.48. The Labute approximate surface area is 207 Å². The SMILES string of the molecule is COc1cccc(Cn2nc(C)c(NC(=O)c3ccc(COc4ccc(Cl)cc4Cl)o3)c2C)c1. The zero-order valence-corrected chi connectivity index (χ0v) is 20.4. The first-order chi connectivity index (χ1) is 16.3. The summed E-state index contributed by atoms with van der Waals surface area (Å²) in [4.78, 5) is 12.8. The number of benzene rings is 2. The molecule has 0 saturated carbocycles. The van der Waals surface area contributed by atoms with Gasteiger partial charge in [-0.1, -0.05) is 35.3 Å². The number of hydrogen-bond donors (Lipinski definition) is 1. The van der Waals surface area contributed by atoms with Crippen LogP contribution in [0.3, 0.4) is 0 Å². The third-order valence-corrected chi connectivity index (χ3v) is 5.77. The lowest BCUT2D eigenvalue weighted by molar-refractivity contribution is 0.0992. The lowest BCUT2D eigenvalue weighted by atomic mass is 10.2. The van der Waals surface area contributed by atoms with Crippen molar-refractivity contribution in [3.05, 3.63) is 93.1 Å². The van der Waals surface area contributed by atoms with Gasteiger partial charge in [-0.2, -0.15) is 5.10 Å². The molecular formula is C25H23Cl2N3O4. The van der Waals surface area contributed by atoms with Crippen LogP contribution in [-0.2, 0) is 13.2 Å². The summed E-state index contributed by atoms with van der Waals surface area (Å²) < 4.78 is 18.5. The van der Waals surface area contributed by atoms with E-state index in [1.807, 2.05) is 42.8 Å². The number of carbonyl (C=O) groups is 1. The molecular weight excluding hydrogens is 477 g/mol. The van der Waals surface area contributed by atoms with Gasteiger partial charge >= 0.3 is 0 Å². The normalized spacial score (nSPS) is 10.9. The van der Waals surface area contributed by atoms with Crippen LogP contribution in [0.5, 0.6) is 11.5 Å². The maximum atomic E-state index is 12.8. The number of carbonyl (C=O) groups excluding carboxylic acids is 1. The van der Waals surface area contributed by atoms with Crippen LogP contribution in [0.2, 0.25) is 10.0 Å². The average Bonchev–Trinajstić information content (AvgIpc) is 3.39. The maximum Gasteiger partial charge on any atom is 0.291 e. The van der Waals surface area contributed by atoms with Gasteiger partial charge in [-0.05, 0) is 61.9 Å². The minimum absolute atomic E-state index is 0.116. The fourth-order valence-corrected chi connectivity index (χ4v) is 3.93. The molecule has 0 unspecified atom stereocenters. The Hall–Kier alpha value is -3.42. The Morgan fingerprint density at radius 2 is 1.94 bits per heavy atom. The number of rotatable bonds is 8. The number of furan rings is 1. The molecule has 0 bridgehead atoms. The molecule has 2 aromatic carbocycles. The number of halogens is 2. The minimum atomic E-state index is -0.372. The summed E-state index contributed by atoms with van der Waals surface area (Å²) in [5.41, 5.74) is 3.23. The number of methoxy groups -OCH3 is 1. The zero-order chi connectivity index (χ0) is 24.2. The van der Waals surface area contributed by atoms with Crippen molar-refractivity contribution in [1.29, 1.82) is 0 Å². The number of aromatic nitrogens is 2. The fourth-order valence-electron chi connectivity index (χ4n) is 3.47. The first-order valence-corrected chi connectivity index (χ1v) is 11.2. The lowest BCUT2D eigenvalue weighted by Gasteiger charge is -2.08. The van der Waals surface area contributed by atoms with E-state index in [0.717, 1.165) is 17.0 Å². The summed E-state index contributed by atoms with van der Waals surface area (Å²) in [6, 6.07) is 16.0. The van der Waals surface area contributed by atoms with E-state index in [4.69, 9.17) is 37.1 Å². The molecule has 7 nitrogen and oxygen atoms in total. The van der Waals surface area contributed by atoms with Gasteiger partial charge in [0.15, 0.2) is 5.76 Å². The van der Waals surface area contributed by atoms with Gasteiger partial charge in [0.25, 0.3) is 5.91 Å². The molecule has 0 spiro atoms. The minimum Gasteiger partial charge on any atom is -0.497 e. The second-order valence-electron chi connectivity index (χ2n) is 7.64. The molecule has 9 heteroatoms. The third-order valence-electron chi connectivity index (χ3n) is 5.24.